The number of hydrogen-bond acceptors (Lipinski definition) is 6. The van der Waals surface area contributed by atoms with Gasteiger partial charge >= 0.3 is 0 Å². The zero-order valence-corrected chi connectivity index (χ0v) is 15.9. The van der Waals surface area contributed by atoms with Crippen LogP contribution in [0.15, 0.2) is 84.0 Å². The van der Waals surface area contributed by atoms with Crippen LogP contribution < -0.4 is 14.9 Å². The monoisotopic (exact) mass is 405 g/mol. The number of hydrazone groups is 1. The number of hydrogen-bond donors (Lipinski definition) is 1. The number of carbonyl (C=O) groups excluding carboxylic acids is 1. The normalized spacial score (nSPS) is 10.5. The van der Waals surface area contributed by atoms with Crippen molar-refractivity contribution in [2.45, 2.75) is 6.61 Å². The zero-order chi connectivity index (χ0) is 21.2. The van der Waals surface area contributed by atoms with Crippen LogP contribution in [-0.2, 0) is 11.4 Å². The Morgan fingerprint density at radius 3 is 2.37 bits per heavy atom. The lowest BCUT2D eigenvalue weighted by atomic mass is 10.2. The molecule has 0 fully saturated rings. The van der Waals surface area contributed by atoms with E-state index >= 15 is 0 Å². The molecule has 0 aliphatic rings. The van der Waals surface area contributed by atoms with Gasteiger partial charge in [0.1, 0.15) is 18.1 Å². The van der Waals surface area contributed by atoms with E-state index in [1.165, 1.54) is 24.4 Å². The Morgan fingerprint density at radius 1 is 0.967 bits per heavy atom. The molecule has 3 rings (SSSR count). The average Bonchev–Trinajstić information content (AvgIpc) is 2.78. The number of carbonyl (C=O) groups is 1. The molecule has 0 aliphatic heterocycles. The van der Waals surface area contributed by atoms with Gasteiger partial charge in [0.15, 0.2) is 6.61 Å². The van der Waals surface area contributed by atoms with Gasteiger partial charge in [0, 0.05) is 17.7 Å². The molecule has 0 atom stereocenters. The Bertz CT molecular complexity index is 1020. The molecule has 3 aromatic rings. The second-order valence-corrected chi connectivity index (χ2v) is 6.18. The van der Waals surface area contributed by atoms with Crippen LogP contribution in [0.5, 0.6) is 11.5 Å². The first kappa shape index (κ1) is 20.5. The first-order valence-corrected chi connectivity index (χ1v) is 9.06. The third-order valence-corrected chi connectivity index (χ3v) is 3.93. The highest BCUT2D eigenvalue weighted by atomic mass is 16.6. The molecule has 8 nitrogen and oxygen atoms in total. The smallest absolute Gasteiger partial charge is 0.277 e. The molecular weight excluding hydrogens is 386 g/mol. The lowest BCUT2D eigenvalue weighted by molar-refractivity contribution is -0.384. The number of nitro benzene ring substituents is 1. The van der Waals surface area contributed by atoms with E-state index in [9.17, 15) is 14.9 Å². The van der Waals surface area contributed by atoms with Gasteiger partial charge in [0.25, 0.3) is 11.6 Å². The fraction of sp³-hybridized carbons (Fsp3) is 0.0909. The molecule has 1 amide bonds. The number of rotatable bonds is 9. The van der Waals surface area contributed by atoms with Gasteiger partial charge in [0.05, 0.1) is 11.1 Å². The summed E-state index contributed by atoms with van der Waals surface area (Å²) >= 11 is 0. The second kappa shape index (κ2) is 10.4. The van der Waals surface area contributed by atoms with Gasteiger partial charge in [-0.05, 0) is 29.8 Å². The molecule has 3 aromatic carbocycles. The Balaban J connectivity index is 1.42. The van der Waals surface area contributed by atoms with E-state index in [0.717, 1.165) is 5.56 Å². The van der Waals surface area contributed by atoms with Crippen molar-refractivity contribution in [2.75, 3.05) is 6.61 Å². The Labute approximate surface area is 172 Å². The van der Waals surface area contributed by atoms with E-state index in [0.29, 0.717) is 23.7 Å². The molecule has 0 saturated heterocycles. The summed E-state index contributed by atoms with van der Waals surface area (Å²) in [6.07, 6.45) is 1.32. The van der Waals surface area contributed by atoms with Crippen LogP contribution in [0.1, 0.15) is 11.1 Å². The van der Waals surface area contributed by atoms with E-state index in [2.05, 4.69) is 10.5 Å². The van der Waals surface area contributed by atoms with Crippen LogP contribution in [0.4, 0.5) is 5.69 Å². The van der Waals surface area contributed by atoms with Crippen molar-refractivity contribution in [3.05, 3.63) is 100 Å². The lowest BCUT2D eigenvalue weighted by Gasteiger charge is -2.08. The van der Waals surface area contributed by atoms with Crippen molar-refractivity contribution in [1.82, 2.24) is 5.43 Å². The predicted octanol–water partition coefficient (Wildman–Crippen LogP) is 3.70. The SMILES string of the molecule is O=C(COc1ccc(OCc2ccccc2)cc1)N/N=C\c1cccc([N+](=O)[O-])c1. The number of benzene rings is 3. The molecule has 0 saturated carbocycles. The van der Waals surface area contributed by atoms with Crippen LogP contribution in [0.3, 0.4) is 0 Å². The molecule has 0 aromatic heterocycles. The highest BCUT2D eigenvalue weighted by Gasteiger charge is 2.05. The van der Waals surface area contributed by atoms with E-state index in [4.69, 9.17) is 9.47 Å². The summed E-state index contributed by atoms with van der Waals surface area (Å²) in [5.41, 5.74) is 3.83. The second-order valence-electron chi connectivity index (χ2n) is 6.18. The minimum absolute atomic E-state index is 0.0511. The van der Waals surface area contributed by atoms with Crippen LogP contribution in [0.2, 0.25) is 0 Å². The van der Waals surface area contributed by atoms with Gasteiger partial charge in [-0.25, -0.2) is 5.43 Å². The highest BCUT2D eigenvalue weighted by molar-refractivity contribution is 5.83. The van der Waals surface area contributed by atoms with Crippen molar-refractivity contribution in [3.63, 3.8) is 0 Å². The molecule has 0 heterocycles. The zero-order valence-electron chi connectivity index (χ0n) is 15.9. The van der Waals surface area contributed by atoms with Gasteiger partial charge in [-0.1, -0.05) is 42.5 Å². The van der Waals surface area contributed by atoms with Gasteiger partial charge in [0.2, 0.25) is 0 Å². The van der Waals surface area contributed by atoms with Gasteiger partial charge in [-0.2, -0.15) is 5.10 Å². The summed E-state index contributed by atoms with van der Waals surface area (Å²) in [7, 11) is 0. The molecule has 0 radical (unpaired) electrons. The maximum atomic E-state index is 11.8. The minimum atomic E-state index is -0.498. The molecule has 0 spiro atoms. The Kier molecular flexibility index (Phi) is 7.10. The van der Waals surface area contributed by atoms with Crippen LogP contribution >= 0.6 is 0 Å². The van der Waals surface area contributed by atoms with E-state index in [-0.39, 0.29) is 12.3 Å². The summed E-state index contributed by atoms with van der Waals surface area (Å²) in [6, 6.07) is 22.7. The van der Waals surface area contributed by atoms with E-state index in [1.54, 1.807) is 30.3 Å². The maximum Gasteiger partial charge on any atom is 0.277 e. The summed E-state index contributed by atoms with van der Waals surface area (Å²) in [6.45, 7) is 0.239. The highest BCUT2D eigenvalue weighted by Crippen LogP contribution is 2.18. The summed E-state index contributed by atoms with van der Waals surface area (Å²) in [5.74, 6) is 0.748. The van der Waals surface area contributed by atoms with Gasteiger partial charge in [-0.15, -0.1) is 0 Å². The van der Waals surface area contributed by atoms with Crippen LogP contribution in [-0.4, -0.2) is 23.7 Å². The van der Waals surface area contributed by atoms with Crippen molar-refractivity contribution in [1.29, 1.82) is 0 Å². The number of ether oxygens (including phenoxy) is 2. The van der Waals surface area contributed by atoms with Gasteiger partial charge < -0.3 is 9.47 Å². The first-order valence-electron chi connectivity index (χ1n) is 9.06. The predicted molar refractivity (Wildman–Crippen MR) is 112 cm³/mol. The number of non-ortho nitro benzene ring substituents is 1. The molecule has 0 aliphatic carbocycles. The first-order chi connectivity index (χ1) is 14.6. The molecule has 30 heavy (non-hydrogen) atoms. The minimum Gasteiger partial charge on any atom is -0.489 e. The van der Waals surface area contributed by atoms with Crippen molar-refractivity contribution < 1.29 is 19.2 Å². The van der Waals surface area contributed by atoms with Crippen LogP contribution in [0, 0.1) is 10.1 Å². The summed E-state index contributed by atoms with van der Waals surface area (Å²) in [4.78, 5) is 22.1. The molecule has 0 unspecified atom stereocenters. The van der Waals surface area contributed by atoms with Crippen molar-refractivity contribution in [3.8, 4) is 11.5 Å². The Morgan fingerprint density at radius 2 is 1.67 bits per heavy atom. The summed E-state index contributed by atoms with van der Waals surface area (Å²) in [5, 5.41) is 14.5. The molecule has 8 heteroatoms. The third kappa shape index (κ3) is 6.45. The fourth-order valence-electron chi connectivity index (χ4n) is 2.45. The third-order valence-electron chi connectivity index (χ3n) is 3.93. The largest absolute Gasteiger partial charge is 0.489 e. The van der Waals surface area contributed by atoms with E-state index in [1.807, 2.05) is 30.3 Å². The molecular formula is C22H19N3O5. The maximum absolute atomic E-state index is 11.8. The number of nitrogens with zero attached hydrogens (tertiary/aromatic N) is 2. The number of amides is 1. The lowest BCUT2D eigenvalue weighted by Crippen LogP contribution is -2.24. The van der Waals surface area contributed by atoms with Crippen molar-refractivity contribution >= 4 is 17.8 Å². The summed E-state index contributed by atoms with van der Waals surface area (Å²) < 4.78 is 11.1. The van der Waals surface area contributed by atoms with Crippen LogP contribution in [0.25, 0.3) is 0 Å². The molecule has 0 bridgehead atoms. The topological polar surface area (TPSA) is 103 Å². The number of nitrogens with one attached hydrogen (secondary N) is 1. The average molecular weight is 405 g/mol. The van der Waals surface area contributed by atoms with E-state index < -0.39 is 10.8 Å². The Hall–Kier alpha value is -4.20. The molecule has 1 N–H and O–H groups in total. The van der Waals surface area contributed by atoms with Crippen molar-refractivity contribution in [2.24, 2.45) is 5.10 Å². The standard InChI is InChI=1S/C22H19N3O5/c26-22(24-23-14-18-7-4-8-19(13-18)25(27)28)16-30-21-11-9-20(10-12-21)29-15-17-5-2-1-3-6-17/h1-14H,15-16H2,(H,24,26)/b23-14-. The number of nitro groups is 1. The molecule has 152 valence electrons. The quantitative estimate of drug-likeness (QED) is 0.332. The van der Waals surface area contributed by atoms with Gasteiger partial charge in [-0.3, -0.25) is 14.9 Å². The fourth-order valence-corrected chi connectivity index (χ4v) is 2.45.